The molecule has 0 amide bonds. The summed E-state index contributed by atoms with van der Waals surface area (Å²) in [6.45, 7) is 0. The molecule has 1 aliphatic carbocycles. The van der Waals surface area contributed by atoms with Crippen LogP contribution in [0.15, 0.2) is 0 Å². The lowest BCUT2D eigenvalue weighted by atomic mass is 9.72. The molecule has 1 nitrogen and oxygen atoms in total. The molecule has 0 aromatic carbocycles. The van der Waals surface area contributed by atoms with Gasteiger partial charge in [-0.3, -0.25) is 0 Å². The zero-order valence-electron chi connectivity index (χ0n) is 11.4. The number of rotatable bonds is 1. The quantitative estimate of drug-likeness (QED) is 0.407. The van der Waals surface area contributed by atoms with Gasteiger partial charge in [-0.25, -0.2) is 4.39 Å². The Hall–Kier alpha value is -1.23. The molecule has 27 heavy (non-hydrogen) atoms. The van der Waals surface area contributed by atoms with Crippen LogP contribution in [0.5, 0.6) is 0 Å². The third-order valence-corrected chi connectivity index (χ3v) is 4.03. The van der Waals surface area contributed by atoms with Crippen LogP contribution in [0.2, 0.25) is 0 Å². The molecule has 160 valence electrons. The van der Waals surface area contributed by atoms with Crippen molar-refractivity contribution in [3.05, 3.63) is 0 Å². The van der Waals surface area contributed by atoms with E-state index in [1.807, 2.05) is 0 Å². The highest BCUT2D eigenvalue weighted by Gasteiger charge is 3.09. The number of nitrogens with zero attached hydrogens (tertiary/aromatic N) is 1. The van der Waals surface area contributed by atoms with Crippen LogP contribution >= 0.6 is 0 Å². The first kappa shape index (κ1) is 22.1. The molecule has 0 aromatic rings. The van der Waals surface area contributed by atoms with Crippen molar-refractivity contribution < 1.29 is 74.6 Å². The first-order valence-electron chi connectivity index (χ1n) is 5.88. The minimum atomic E-state index is -7.92. The maximum Gasteiger partial charge on any atom is 0.393 e. The Morgan fingerprint density at radius 1 is 0.296 bits per heavy atom. The SMILES string of the molecule is FC1(F)N(C2(F)C(F)(F)C(F)(F)C2(F)F)C(F)(F)C(F)(F)C(F)(F)C1(F)F. The summed E-state index contributed by atoms with van der Waals surface area (Å²) in [5.74, 6) is -53.1. The van der Waals surface area contributed by atoms with Gasteiger partial charge >= 0.3 is 53.4 Å². The second-order valence-corrected chi connectivity index (χ2v) is 5.49. The smallest absolute Gasteiger partial charge is 0.212 e. The van der Waals surface area contributed by atoms with E-state index < -0.39 is 58.3 Å². The molecule has 0 spiro atoms. The van der Waals surface area contributed by atoms with E-state index in [0.29, 0.717) is 0 Å². The van der Waals surface area contributed by atoms with Crippen LogP contribution in [0.4, 0.5) is 74.6 Å². The minimum absolute atomic E-state index is 4.30. The van der Waals surface area contributed by atoms with Gasteiger partial charge in [0.1, 0.15) is 0 Å². The monoisotopic (exact) mass is 445 g/mol. The highest BCUT2D eigenvalue weighted by molar-refractivity contribution is 5.31. The van der Waals surface area contributed by atoms with Crippen LogP contribution in [0, 0.1) is 0 Å². The Balaban J connectivity index is 2.91. The number of halogens is 17. The van der Waals surface area contributed by atoms with E-state index >= 15 is 0 Å². The van der Waals surface area contributed by atoms with Crippen molar-refractivity contribution in [2.75, 3.05) is 0 Å². The van der Waals surface area contributed by atoms with Crippen LogP contribution in [-0.2, 0) is 0 Å². The van der Waals surface area contributed by atoms with Gasteiger partial charge in [0.2, 0.25) is 0 Å². The van der Waals surface area contributed by atoms with Crippen molar-refractivity contribution in [2.45, 2.75) is 53.4 Å². The number of hydrogen-bond donors (Lipinski definition) is 0. The lowest BCUT2D eigenvalue weighted by molar-refractivity contribution is -0.590. The number of hydrogen-bond acceptors (Lipinski definition) is 1. The molecule has 0 bridgehead atoms. The van der Waals surface area contributed by atoms with Gasteiger partial charge in [-0.2, -0.15) is 70.2 Å². The molecule has 0 unspecified atom stereocenters. The van der Waals surface area contributed by atoms with E-state index in [2.05, 4.69) is 0 Å². The van der Waals surface area contributed by atoms with Crippen LogP contribution in [0.3, 0.4) is 0 Å². The molecule has 0 atom stereocenters. The summed E-state index contributed by atoms with van der Waals surface area (Å²) in [6, 6.07) is -15.8. The van der Waals surface area contributed by atoms with Gasteiger partial charge < -0.3 is 0 Å². The molecule has 1 aliphatic heterocycles. The Labute approximate surface area is 134 Å². The standard InChI is InChI=1S/C9F17N/c10-1(11)3(14,15)7(22,4(1,16)17)27-8(23,24)5(18,19)2(12,13)6(20,21)9(27,25)26. The average molecular weight is 445 g/mol. The average Bonchev–Trinajstić information content (AvgIpc) is 2.43. The summed E-state index contributed by atoms with van der Waals surface area (Å²) in [5.41, 5.74) is 0. The fourth-order valence-corrected chi connectivity index (χ4v) is 2.45. The van der Waals surface area contributed by atoms with Gasteiger partial charge in [0.15, 0.2) is 0 Å². The first-order chi connectivity index (χ1) is 11.4. The predicted molar refractivity (Wildman–Crippen MR) is 45.3 cm³/mol. The van der Waals surface area contributed by atoms with Gasteiger partial charge in [-0.15, -0.1) is 4.90 Å². The van der Waals surface area contributed by atoms with E-state index in [-0.39, 0.29) is 0 Å². The fourth-order valence-electron chi connectivity index (χ4n) is 2.45. The van der Waals surface area contributed by atoms with Crippen molar-refractivity contribution in [1.29, 1.82) is 0 Å². The van der Waals surface area contributed by atoms with E-state index in [9.17, 15) is 74.6 Å². The predicted octanol–water partition coefficient (Wildman–Crippen LogP) is 4.98. The summed E-state index contributed by atoms with van der Waals surface area (Å²) in [4.78, 5) is -4.30. The molecule has 0 N–H and O–H groups in total. The molecule has 2 fully saturated rings. The largest absolute Gasteiger partial charge is 0.393 e. The molecule has 1 heterocycles. The Bertz CT molecular complexity index is 613. The van der Waals surface area contributed by atoms with E-state index in [1.54, 1.807) is 0 Å². The van der Waals surface area contributed by atoms with Gasteiger partial charge in [-0.05, 0) is 0 Å². The summed E-state index contributed by atoms with van der Waals surface area (Å²) >= 11 is 0. The molecule has 1 saturated heterocycles. The number of alkyl halides is 17. The van der Waals surface area contributed by atoms with Crippen LogP contribution < -0.4 is 0 Å². The minimum Gasteiger partial charge on any atom is -0.212 e. The van der Waals surface area contributed by atoms with Gasteiger partial charge in [0.05, 0.1) is 0 Å². The van der Waals surface area contributed by atoms with E-state index in [1.165, 1.54) is 0 Å². The number of likely N-dealkylation sites (tertiary alicyclic amines) is 1. The van der Waals surface area contributed by atoms with Crippen LogP contribution in [-0.4, -0.2) is 58.3 Å². The van der Waals surface area contributed by atoms with Crippen molar-refractivity contribution >= 4 is 0 Å². The van der Waals surface area contributed by atoms with E-state index in [4.69, 9.17) is 0 Å². The Kier molecular flexibility index (Phi) is 3.68. The van der Waals surface area contributed by atoms with Crippen LogP contribution in [0.1, 0.15) is 0 Å². The van der Waals surface area contributed by atoms with Gasteiger partial charge in [-0.1, -0.05) is 0 Å². The molecule has 18 heteroatoms. The summed E-state index contributed by atoms with van der Waals surface area (Å²) in [7, 11) is 0. The van der Waals surface area contributed by atoms with Crippen molar-refractivity contribution in [1.82, 2.24) is 4.90 Å². The van der Waals surface area contributed by atoms with Crippen molar-refractivity contribution in [2.24, 2.45) is 0 Å². The van der Waals surface area contributed by atoms with Crippen LogP contribution in [0.25, 0.3) is 0 Å². The van der Waals surface area contributed by atoms with Gasteiger partial charge in [0, 0.05) is 0 Å². The lowest BCUT2D eigenvalue weighted by Gasteiger charge is -2.62. The normalized spacial score (nSPS) is 35.9. The molecule has 0 radical (unpaired) electrons. The van der Waals surface area contributed by atoms with Crippen molar-refractivity contribution in [3.63, 3.8) is 0 Å². The molecule has 2 aliphatic rings. The molecule has 0 aromatic heterocycles. The Morgan fingerprint density at radius 2 is 0.519 bits per heavy atom. The number of piperidine rings is 1. The molecule has 2 rings (SSSR count). The highest BCUT2D eigenvalue weighted by Crippen LogP contribution is 2.76. The van der Waals surface area contributed by atoms with Gasteiger partial charge in [0.25, 0.3) is 0 Å². The first-order valence-corrected chi connectivity index (χ1v) is 5.88. The lowest BCUT2D eigenvalue weighted by Crippen LogP contribution is -2.96. The van der Waals surface area contributed by atoms with Crippen molar-refractivity contribution in [3.8, 4) is 0 Å². The zero-order valence-corrected chi connectivity index (χ0v) is 11.4. The topological polar surface area (TPSA) is 3.24 Å². The molecular weight excluding hydrogens is 445 g/mol. The second-order valence-electron chi connectivity index (χ2n) is 5.49. The maximum atomic E-state index is 13.8. The third kappa shape index (κ3) is 1.63. The zero-order chi connectivity index (χ0) is 22.1. The summed E-state index contributed by atoms with van der Waals surface area (Å²) in [6.07, 6.45) is 0. The second kappa shape index (κ2) is 4.50. The highest BCUT2D eigenvalue weighted by atomic mass is 19.4. The third-order valence-electron chi connectivity index (χ3n) is 4.03. The maximum absolute atomic E-state index is 13.8. The fraction of sp³-hybridized carbons (Fsp3) is 1.00. The van der Waals surface area contributed by atoms with E-state index in [0.717, 1.165) is 0 Å². The summed E-state index contributed by atoms with van der Waals surface area (Å²) in [5, 5.41) is 0. The molecule has 1 saturated carbocycles. The summed E-state index contributed by atoms with van der Waals surface area (Å²) < 4.78 is 223. The Morgan fingerprint density at radius 3 is 0.778 bits per heavy atom. The molecular formula is C9F17N.